The number of benzene rings is 4. The molecule has 1 aliphatic rings. The van der Waals surface area contributed by atoms with Gasteiger partial charge in [0.2, 0.25) is 0 Å². The van der Waals surface area contributed by atoms with Gasteiger partial charge in [-0.3, -0.25) is 0 Å². The number of fused-ring (bicyclic) bond motifs is 3. The molecule has 5 rings (SSSR count). The van der Waals surface area contributed by atoms with Crippen LogP contribution in [-0.2, 0) is 0 Å². The molecule has 0 amide bonds. The Morgan fingerprint density at radius 1 is 0.522 bits per heavy atom. The minimum Gasteiger partial charge on any atom is -0.0622 e. The van der Waals surface area contributed by atoms with Crippen molar-refractivity contribution < 1.29 is 0 Å². The Hall–Kier alpha value is -2.38. The quantitative estimate of drug-likeness (QED) is 0.306. The van der Waals surface area contributed by atoms with Crippen molar-refractivity contribution in [3.8, 4) is 33.4 Å². The first-order valence-electron chi connectivity index (χ1n) is 7.75. The lowest BCUT2D eigenvalue weighted by Crippen LogP contribution is -1.84. The lowest BCUT2D eigenvalue weighted by Gasteiger charge is -2.10. The smallest absolute Gasteiger partial charge is 0.0260 e. The Morgan fingerprint density at radius 2 is 1.22 bits per heavy atom. The zero-order valence-electron chi connectivity index (χ0n) is 12.4. The number of rotatable bonds is 1. The van der Waals surface area contributed by atoms with Gasteiger partial charge in [0, 0.05) is 10.0 Å². The highest BCUT2D eigenvalue weighted by molar-refractivity contribution is 9.10. The summed E-state index contributed by atoms with van der Waals surface area (Å²) in [5, 5.41) is 2.69. The predicted molar refractivity (Wildman–Crippen MR) is 102 cm³/mol. The van der Waals surface area contributed by atoms with Crippen LogP contribution >= 0.6 is 15.9 Å². The monoisotopic (exact) mass is 356 g/mol. The SMILES string of the molecule is Brc1ccc2c(-c3ccccc3)ccc3c2c1-c1ccccc1-3. The van der Waals surface area contributed by atoms with Crippen LogP contribution in [0.15, 0.2) is 83.3 Å². The first-order chi connectivity index (χ1) is 11.3. The molecule has 0 heterocycles. The molecule has 0 saturated carbocycles. The van der Waals surface area contributed by atoms with Crippen LogP contribution < -0.4 is 0 Å². The minimum absolute atomic E-state index is 1.17. The van der Waals surface area contributed by atoms with Crippen LogP contribution in [-0.4, -0.2) is 0 Å². The highest BCUT2D eigenvalue weighted by Crippen LogP contribution is 2.51. The molecule has 0 saturated heterocycles. The maximum atomic E-state index is 3.76. The summed E-state index contributed by atoms with van der Waals surface area (Å²) < 4.78 is 1.17. The highest BCUT2D eigenvalue weighted by atomic mass is 79.9. The second kappa shape index (κ2) is 4.81. The molecule has 23 heavy (non-hydrogen) atoms. The zero-order chi connectivity index (χ0) is 15.4. The van der Waals surface area contributed by atoms with Gasteiger partial charge in [0.1, 0.15) is 0 Å². The molecule has 0 atom stereocenters. The van der Waals surface area contributed by atoms with E-state index in [2.05, 4.69) is 94.8 Å². The molecule has 0 nitrogen and oxygen atoms in total. The molecular weight excluding hydrogens is 344 g/mol. The van der Waals surface area contributed by atoms with Crippen molar-refractivity contribution in [3.05, 3.63) is 83.3 Å². The summed E-state index contributed by atoms with van der Waals surface area (Å²) in [5.41, 5.74) is 7.89. The Bertz CT molecular complexity index is 1060. The molecule has 108 valence electrons. The van der Waals surface area contributed by atoms with Crippen molar-refractivity contribution in [1.82, 2.24) is 0 Å². The van der Waals surface area contributed by atoms with Crippen molar-refractivity contribution in [2.45, 2.75) is 0 Å². The van der Waals surface area contributed by atoms with E-state index in [1.54, 1.807) is 0 Å². The molecule has 1 heteroatoms. The van der Waals surface area contributed by atoms with E-state index in [0.29, 0.717) is 0 Å². The zero-order valence-corrected chi connectivity index (χ0v) is 14.0. The van der Waals surface area contributed by atoms with Crippen LogP contribution in [0.5, 0.6) is 0 Å². The van der Waals surface area contributed by atoms with Gasteiger partial charge >= 0.3 is 0 Å². The molecule has 0 N–H and O–H groups in total. The van der Waals surface area contributed by atoms with E-state index in [-0.39, 0.29) is 0 Å². The standard InChI is InChI=1S/C22H13Br/c23-20-13-12-18-15(14-6-2-1-3-7-14)10-11-19-16-8-4-5-9-17(16)22(20)21(18)19/h1-13H. The number of hydrogen-bond acceptors (Lipinski definition) is 0. The fourth-order valence-electron chi connectivity index (χ4n) is 3.71. The van der Waals surface area contributed by atoms with E-state index in [1.165, 1.54) is 48.6 Å². The van der Waals surface area contributed by atoms with Gasteiger partial charge in [-0.25, -0.2) is 0 Å². The van der Waals surface area contributed by atoms with Gasteiger partial charge in [-0.2, -0.15) is 0 Å². The topological polar surface area (TPSA) is 0 Å². The summed E-state index contributed by atoms with van der Waals surface area (Å²) in [6.45, 7) is 0. The summed E-state index contributed by atoms with van der Waals surface area (Å²) in [4.78, 5) is 0. The van der Waals surface area contributed by atoms with Crippen molar-refractivity contribution >= 4 is 26.7 Å². The average Bonchev–Trinajstić information content (AvgIpc) is 2.95. The van der Waals surface area contributed by atoms with E-state index in [0.717, 1.165) is 0 Å². The summed E-state index contributed by atoms with van der Waals surface area (Å²) in [5.74, 6) is 0. The average molecular weight is 357 g/mol. The highest BCUT2D eigenvalue weighted by Gasteiger charge is 2.24. The summed E-state index contributed by atoms with van der Waals surface area (Å²) in [7, 11) is 0. The van der Waals surface area contributed by atoms with Crippen molar-refractivity contribution in [2.24, 2.45) is 0 Å². The Morgan fingerprint density at radius 3 is 2.04 bits per heavy atom. The fraction of sp³-hybridized carbons (Fsp3) is 0. The van der Waals surface area contributed by atoms with E-state index in [9.17, 15) is 0 Å². The van der Waals surface area contributed by atoms with Crippen LogP contribution in [0.3, 0.4) is 0 Å². The third-order valence-electron chi connectivity index (χ3n) is 4.70. The van der Waals surface area contributed by atoms with Gasteiger partial charge in [0.15, 0.2) is 0 Å². The maximum absolute atomic E-state index is 3.76. The first-order valence-corrected chi connectivity index (χ1v) is 8.54. The van der Waals surface area contributed by atoms with Gasteiger partial charge in [0.05, 0.1) is 0 Å². The maximum Gasteiger partial charge on any atom is 0.0260 e. The molecule has 0 fully saturated rings. The van der Waals surface area contributed by atoms with Crippen LogP contribution in [0.4, 0.5) is 0 Å². The lowest BCUT2D eigenvalue weighted by atomic mass is 9.94. The Kier molecular flexibility index (Phi) is 2.74. The van der Waals surface area contributed by atoms with Gasteiger partial charge < -0.3 is 0 Å². The summed E-state index contributed by atoms with van der Waals surface area (Å²) in [6.07, 6.45) is 0. The number of hydrogen-bond donors (Lipinski definition) is 0. The van der Waals surface area contributed by atoms with Crippen molar-refractivity contribution in [1.29, 1.82) is 0 Å². The molecule has 0 aromatic heterocycles. The largest absolute Gasteiger partial charge is 0.0622 e. The molecular formula is C22H13Br. The van der Waals surface area contributed by atoms with Gasteiger partial charge in [-0.05, 0) is 44.7 Å². The van der Waals surface area contributed by atoms with Crippen LogP contribution in [0, 0.1) is 0 Å². The van der Waals surface area contributed by atoms with E-state index < -0.39 is 0 Å². The molecule has 0 radical (unpaired) electrons. The molecule has 1 aliphatic carbocycles. The summed E-state index contributed by atoms with van der Waals surface area (Å²) >= 11 is 3.76. The fourth-order valence-corrected chi connectivity index (χ4v) is 4.26. The third-order valence-corrected chi connectivity index (χ3v) is 5.36. The van der Waals surface area contributed by atoms with Crippen LogP contribution in [0.25, 0.3) is 44.2 Å². The molecule has 0 aliphatic heterocycles. The van der Waals surface area contributed by atoms with E-state index in [4.69, 9.17) is 0 Å². The van der Waals surface area contributed by atoms with Gasteiger partial charge in [-0.1, -0.05) is 88.7 Å². The van der Waals surface area contributed by atoms with Crippen LogP contribution in [0.1, 0.15) is 0 Å². The van der Waals surface area contributed by atoms with Gasteiger partial charge in [-0.15, -0.1) is 0 Å². The lowest BCUT2D eigenvalue weighted by molar-refractivity contribution is 1.65. The minimum atomic E-state index is 1.17. The Labute approximate surface area is 143 Å². The van der Waals surface area contributed by atoms with Crippen molar-refractivity contribution in [3.63, 3.8) is 0 Å². The molecule has 0 bridgehead atoms. The molecule has 4 aromatic rings. The third kappa shape index (κ3) is 1.77. The summed E-state index contributed by atoms with van der Waals surface area (Å²) in [6, 6.07) is 28.3. The molecule has 4 aromatic carbocycles. The second-order valence-electron chi connectivity index (χ2n) is 5.92. The predicted octanol–water partition coefficient (Wildman–Crippen LogP) is 6.92. The van der Waals surface area contributed by atoms with Crippen molar-refractivity contribution in [2.75, 3.05) is 0 Å². The molecule has 0 spiro atoms. The molecule has 0 unspecified atom stereocenters. The van der Waals surface area contributed by atoms with Gasteiger partial charge in [0.25, 0.3) is 0 Å². The number of halogens is 1. The first kappa shape index (κ1) is 13.1. The Balaban J connectivity index is 1.95. The normalized spacial score (nSPS) is 11.7. The van der Waals surface area contributed by atoms with E-state index >= 15 is 0 Å². The van der Waals surface area contributed by atoms with Crippen LogP contribution in [0.2, 0.25) is 0 Å². The second-order valence-corrected chi connectivity index (χ2v) is 6.77. The van der Waals surface area contributed by atoms with E-state index in [1.807, 2.05) is 0 Å².